The lowest BCUT2D eigenvalue weighted by atomic mass is 9.69. The maximum Gasteiger partial charge on any atom is 0.243 e. The van der Waals surface area contributed by atoms with Crippen LogP contribution in [0.25, 0.3) is 11.6 Å². The second-order valence-corrected chi connectivity index (χ2v) is 10.5. The molecule has 3 fully saturated rings. The number of nitrogens with zero attached hydrogens (tertiary/aromatic N) is 3. The third-order valence-electron chi connectivity index (χ3n) is 8.78. The summed E-state index contributed by atoms with van der Waals surface area (Å²) in [4.78, 5) is 32.1. The third kappa shape index (κ3) is 4.05. The van der Waals surface area contributed by atoms with Crippen LogP contribution in [0.3, 0.4) is 0 Å². The highest BCUT2D eigenvalue weighted by atomic mass is 16.5. The van der Waals surface area contributed by atoms with Gasteiger partial charge in [-0.05, 0) is 67.8 Å². The normalized spacial score (nSPS) is 31.6. The summed E-state index contributed by atoms with van der Waals surface area (Å²) in [5.74, 6) is 2.54. The average Bonchev–Trinajstić information content (AvgIpc) is 3.12. The molecule has 0 aromatic carbocycles. The zero-order valence-electron chi connectivity index (χ0n) is 20.4. The van der Waals surface area contributed by atoms with E-state index in [0.717, 1.165) is 54.0 Å². The molecule has 1 amide bonds. The number of hydrogen-bond donors (Lipinski definition) is 3. The van der Waals surface area contributed by atoms with Crippen LogP contribution in [0.5, 0.6) is 0 Å². The summed E-state index contributed by atoms with van der Waals surface area (Å²) in [6.07, 6.45) is 11.8. The number of anilines is 1. The van der Waals surface area contributed by atoms with Gasteiger partial charge in [0.1, 0.15) is 6.61 Å². The first-order valence-electron chi connectivity index (χ1n) is 12.6. The van der Waals surface area contributed by atoms with Gasteiger partial charge in [-0.2, -0.15) is 5.10 Å². The van der Waals surface area contributed by atoms with E-state index in [-0.39, 0.29) is 12.6 Å². The van der Waals surface area contributed by atoms with Gasteiger partial charge in [-0.15, -0.1) is 0 Å². The van der Waals surface area contributed by atoms with E-state index in [0.29, 0.717) is 41.3 Å². The number of aryl methyl sites for hydroxylation is 1. The maximum absolute atomic E-state index is 11.9. The number of fused-ring (bicyclic) bond motifs is 3. The van der Waals surface area contributed by atoms with E-state index in [1.165, 1.54) is 12.8 Å². The van der Waals surface area contributed by atoms with Gasteiger partial charge in [-0.3, -0.25) is 14.7 Å². The summed E-state index contributed by atoms with van der Waals surface area (Å²) in [6, 6.07) is 0. The molecule has 2 aromatic rings. The fourth-order valence-corrected chi connectivity index (χ4v) is 7.24. The molecule has 0 bridgehead atoms. The summed E-state index contributed by atoms with van der Waals surface area (Å²) in [5, 5.41) is 6.75. The molecule has 5 rings (SSSR count). The molecule has 9 heteroatoms. The van der Waals surface area contributed by atoms with Gasteiger partial charge in [0.25, 0.3) is 0 Å². The predicted octanol–water partition coefficient (Wildman–Crippen LogP) is 2.88. The number of nitrogens with one attached hydrogen (secondary N) is 1. The highest BCUT2D eigenvalue weighted by Crippen LogP contribution is 2.83. The topological polar surface area (TPSA) is 150 Å². The van der Waals surface area contributed by atoms with Crippen molar-refractivity contribution in [2.24, 2.45) is 34.8 Å². The Hall–Kier alpha value is -3.07. The quantitative estimate of drug-likeness (QED) is 0.370. The molecule has 0 saturated heterocycles. The molecule has 35 heavy (non-hydrogen) atoms. The Morgan fingerprint density at radius 1 is 1.29 bits per heavy atom. The van der Waals surface area contributed by atoms with E-state index in [9.17, 15) is 9.59 Å². The van der Waals surface area contributed by atoms with Crippen molar-refractivity contribution in [2.75, 3.05) is 18.9 Å². The first kappa shape index (κ1) is 23.7. The Bertz CT molecular complexity index is 1140. The molecule has 2 unspecified atom stereocenters. The van der Waals surface area contributed by atoms with Gasteiger partial charge in [0.2, 0.25) is 11.9 Å². The van der Waals surface area contributed by atoms with Crippen LogP contribution in [0.1, 0.15) is 67.5 Å². The maximum atomic E-state index is 11.9. The smallest absolute Gasteiger partial charge is 0.243 e. The summed E-state index contributed by atoms with van der Waals surface area (Å²) in [6.45, 7) is 4.80. The molecule has 2 aromatic heterocycles. The lowest BCUT2D eigenvalue weighted by molar-refractivity contribution is -0.123. The molecule has 5 N–H and O–H groups in total. The zero-order valence-corrected chi connectivity index (χ0v) is 20.4. The highest BCUT2D eigenvalue weighted by Gasteiger charge is 2.77. The summed E-state index contributed by atoms with van der Waals surface area (Å²) in [7, 11) is 0. The number of aromatic nitrogens is 4. The molecule has 4 atom stereocenters. The van der Waals surface area contributed by atoms with Crippen molar-refractivity contribution < 1.29 is 14.3 Å². The van der Waals surface area contributed by atoms with Gasteiger partial charge >= 0.3 is 0 Å². The average molecular weight is 479 g/mol. The van der Waals surface area contributed by atoms with Crippen molar-refractivity contribution in [3.63, 3.8) is 0 Å². The highest BCUT2D eigenvalue weighted by molar-refractivity contribution is 6.13. The van der Waals surface area contributed by atoms with Crippen LogP contribution in [0, 0.1) is 36.0 Å². The minimum Gasteiger partial charge on any atom is -0.371 e. The first-order chi connectivity index (χ1) is 16.9. The SMILES string of the molecule is CCC1C(c2nc(N)nc(C)c2/C=C(\C=O)c2cn[nH]c2)[C@@H]2[C@@H]1C21CCC(COCC(N)=O)CC1. The predicted molar refractivity (Wildman–Crippen MR) is 132 cm³/mol. The summed E-state index contributed by atoms with van der Waals surface area (Å²) >= 11 is 0. The van der Waals surface area contributed by atoms with Crippen LogP contribution in [-0.4, -0.2) is 45.6 Å². The van der Waals surface area contributed by atoms with E-state index in [1.807, 2.05) is 13.0 Å². The minimum atomic E-state index is -0.416. The number of hydrogen-bond acceptors (Lipinski definition) is 7. The standard InChI is InChI=1S/C26H34N6O3/c1-3-18-21(23-22(18)26(23)6-4-15(5-7-26)12-35-13-20(27)34)24-19(14(2)31-25(28)32-24)8-16(11-33)17-9-29-30-10-17/h8-11,15,18,21-23H,3-7,12-13H2,1-2H3,(H2,27,34)(H,29,30)(H2,28,31,32)/b16-8+/t15?,18?,21?,22-,23-,26?/m1/s1. The van der Waals surface area contributed by atoms with Crippen LogP contribution in [-0.2, 0) is 14.3 Å². The number of H-pyrrole nitrogens is 1. The Morgan fingerprint density at radius 2 is 2.06 bits per heavy atom. The molecule has 3 aliphatic carbocycles. The fourth-order valence-electron chi connectivity index (χ4n) is 7.24. The number of carbonyl (C=O) groups excluding carboxylic acids is 2. The molecule has 186 valence electrons. The van der Waals surface area contributed by atoms with Crippen LogP contribution >= 0.6 is 0 Å². The first-order valence-corrected chi connectivity index (χ1v) is 12.6. The van der Waals surface area contributed by atoms with Gasteiger partial charge in [-0.25, -0.2) is 9.97 Å². The summed E-state index contributed by atoms with van der Waals surface area (Å²) in [5.41, 5.74) is 15.6. The number of amides is 1. The van der Waals surface area contributed by atoms with Crippen LogP contribution < -0.4 is 11.5 Å². The van der Waals surface area contributed by atoms with Crippen molar-refractivity contribution in [2.45, 2.75) is 51.9 Å². The second kappa shape index (κ2) is 9.18. The number of nitrogens with two attached hydrogens (primary N) is 2. The van der Waals surface area contributed by atoms with Crippen molar-refractivity contribution in [3.05, 3.63) is 34.9 Å². The van der Waals surface area contributed by atoms with E-state index >= 15 is 0 Å². The lowest BCUT2D eigenvalue weighted by Gasteiger charge is -2.36. The number of aldehydes is 1. The molecule has 0 radical (unpaired) electrons. The molecule has 0 aliphatic heterocycles. The van der Waals surface area contributed by atoms with Gasteiger partial charge in [-0.1, -0.05) is 13.3 Å². The summed E-state index contributed by atoms with van der Waals surface area (Å²) < 4.78 is 5.50. The van der Waals surface area contributed by atoms with E-state index < -0.39 is 5.91 Å². The van der Waals surface area contributed by atoms with Crippen molar-refractivity contribution in [1.29, 1.82) is 0 Å². The van der Waals surface area contributed by atoms with Crippen LogP contribution in [0.15, 0.2) is 12.4 Å². The number of aromatic amines is 1. The Labute approximate surface area is 205 Å². The number of carbonyl (C=O) groups is 2. The zero-order chi connectivity index (χ0) is 24.7. The Balaban J connectivity index is 1.40. The van der Waals surface area contributed by atoms with Gasteiger partial charge < -0.3 is 16.2 Å². The molecular weight excluding hydrogens is 444 g/mol. The third-order valence-corrected chi connectivity index (χ3v) is 8.78. The van der Waals surface area contributed by atoms with Crippen molar-refractivity contribution in [1.82, 2.24) is 20.2 Å². The number of ether oxygens (including phenoxy) is 1. The van der Waals surface area contributed by atoms with Crippen LogP contribution in [0.4, 0.5) is 5.95 Å². The molecule has 9 nitrogen and oxygen atoms in total. The number of primary amides is 1. The van der Waals surface area contributed by atoms with E-state index in [2.05, 4.69) is 22.1 Å². The number of nitrogen functional groups attached to an aromatic ring is 1. The number of rotatable bonds is 9. The van der Waals surface area contributed by atoms with Gasteiger partial charge in [0.05, 0.1) is 24.2 Å². The molecule has 3 saturated carbocycles. The molecular formula is C26H34N6O3. The Morgan fingerprint density at radius 3 is 2.69 bits per heavy atom. The van der Waals surface area contributed by atoms with Gasteiger partial charge in [0.15, 0.2) is 6.29 Å². The van der Waals surface area contributed by atoms with E-state index in [4.69, 9.17) is 21.2 Å². The lowest BCUT2D eigenvalue weighted by Crippen LogP contribution is -2.29. The van der Waals surface area contributed by atoms with E-state index in [1.54, 1.807) is 12.4 Å². The van der Waals surface area contributed by atoms with Gasteiger partial charge in [0, 0.05) is 28.8 Å². The van der Waals surface area contributed by atoms with Crippen LogP contribution in [0.2, 0.25) is 0 Å². The number of allylic oxidation sites excluding steroid dienone is 1. The largest absolute Gasteiger partial charge is 0.371 e. The Kier molecular flexibility index (Phi) is 6.21. The molecule has 2 heterocycles. The van der Waals surface area contributed by atoms with Crippen molar-refractivity contribution >= 4 is 29.8 Å². The van der Waals surface area contributed by atoms with Crippen molar-refractivity contribution in [3.8, 4) is 0 Å². The fraction of sp³-hybridized carbons (Fsp3) is 0.577. The molecule has 3 aliphatic rings. The molecule has 1 spiro atoms. The monoisotopic (exact) mass is 478 g/mol. The minimum absolute atomic E-state index is 0.000743. The second-order valence-electron chi connectivity index (χ2n) is 10.5.